The van der Waals surface area contributed by atoms with Gasteiger partial charge in [-0.3, -0.25) is 4.68 Å². The molecule has 1 N–H and O–H groups in total. The Balaban J connectivity index is 2.81. The van der Waals surface area contributed by atoms with Gasteiger partial charge in [-0.25, -0.2) is 13.1 Å². The van der Waals surface area contributed by atoms with Crippen LogP contribution in [-0.4, -0.2) is 24.2 Å². The third-order valence-corrected chi connectivity index (χ3v) is 5.15. The maximum absolute atomic E-state index is 12.4. The standard InChI is InChI=1S/C13H25N3O2S/c1-6-7-8-9-10(2)15-19(17,18)13-11(3)14-16(5)12(13)4/h10,15H,6-9H2,1-5H3. The van der Waals surface area contributed by atoms with Gasteiger partial charge in [-0.2, -0.15) is 5.10 Å². The van der Waals surface area contributed by atoms with Crippen LogP contribution in [0, 0.1) is 13.8 Å². The molecule has 0 aliphatic carbocycles. The van der Waals surface area contributed by atoms with E-state index in [1.54, 1.807) is 25.6 Å². The zero-order valence-corrected chi connectivity index (χ0v) is 13.3. The molecule has 1 atom stereocenters. The zero-order chi connectivity index (χ0) is 14.6. The Morgan fingerprint density at radius 1 is 1.32 bits per heavy atom. The summed E-state index contributed by atoms with van der Waals surface area (Å²) in [6.45, 7) is 7.55. The van der Waals surface area contributed by atoms with Gasteiger partial charge in [0.1, 0.15) is 4.90 Å². The van der Waals surface area contributed by atoms with Gasteiger partial charge in [0.05, 0.1) is 11.4 Å². The number of hydrogen-bond acceptors (Lipinski definition) is 3. The first-order valence-corrected chi connectivity index (χ1v) is 8.30. The lowest BCUT2D eigenvalue weighted by Gasteiger charge is -2.14. The molecule has 0 amide bonds. The minimum Gasteiger partial charge on any atom is -0.271 e. The van der Waals surface area contributed by atoms with Crippen LogP contribution in [0.4, 0.5) is 0 Å². The Bertz CT molecular complexity index is 520. The van der Waals surface area contributed by atoms with E-state index in [2.05, 4.69) is 16.7 Å². The summed E-state index contributed by atoms with van der Waals surface area (Å²) in [5.74, 6) is 0. The first-order valence-electron chi connectivity index (χ1n) is 6.82. The van der Waals surface area contributed by atoms with Crippen LogP contribution in [0.2, 0.25) is 0 Å². The minimum atomic E-state index is -3.47. The molecule has 0 saturated carbocycles. The minimum absolute atomic E-state index is 0.0458. The van der Waals surface area contributed by atoms with Crippen LogP contribution in [0.25, 0.3) is 0 Å². The molecule has 1 rings (SSSR count). The van der Waals surface area contributed by atoms with Crippen LogP contribution in [0.1, 0.15) is 50.9 Å². The Morgan fingerprint density at radius 2 is 1.95 bits per heavy atom. The molecular weight excluding hydrogens is 262 g/mol. The van der Waals surface area contributed by atoms with E-state index in [-0.39, 0.29) is 6.04 Å². The molecule has 110 valence electrons. The first kappa shape index (κ1) is 16.2. The first-order chi connectivity index (χ1) is 8.79. The molecule has 0 aromatic carbocycles. The van der Waals surface area contributed by atoms with Crippen molar-refractivity contribution in [3.8, 4) is 0 Å². The molecule has 5 nitrogen and oxygen atoms in total. The molecule has 0 fully saturated rings. The Kier molecular flexibility index (Phi) is 5.55. The largest absolute Gasteiger partial charge is 0.271 e. The fourth-order valence-electron chi connectivity index (χ4n) is 2.23. The molecule has 0 aliphatic rings. The number of rotatable bonds is 7. The van der Waals surface area contributed by atoms with Gasteiger partial charge < -0.3 is 0 Å². The number of sulfonamides is 1. The second-order valence-corrected chi connectivity index (χ2v) is 6.79. The molecule has 1 aromatic heterocycles. The second kappa shape index (κ2) is 6.52. The normalized spacial score (nSPS) is 13.7. The van der Waals surface area contributed by atoms with Crippen LogP contribution in [0.15, 0.2) is 4.90 Å². The van der Waals surface area contributed by atoms with Crippen molar-refractivity contribution in [2.45, 2.75) is 64.3 Å². The van der Waals surface area contributed by atoms with Crippen molar-refractivity contribution in [2.24, 2.45) is 7.05 Å². The maximum Gasteiger partial charge on any atom is 0.244 e. The summed E-state index contributed by atoms with van der Waals surface area (Å²) in [7, 11) is -1.71. The quantitative estimate of drug-likeness (QED) is 0.783. The van der Waals surface area contributed by atoms with Crippen molar-refractivity contribution in [2.75, 3.05) is 0 Å². The summed E-state index contributed by atoms with van der Waals surface area (Å²) >= 11 is 0. The number of aromatic nitrogens is 2. The topological polar surface area (TPSA) is 64.0 Å². The molecular formula is C13H25N3O2S. The smallest absolute Gasteiger partial charge is 0.244 e. The van der Waals surface area contributed by atoms with Gasteiger partial charge in [0.2, 0.25) is 10.0 Å². The van der Waals surface area contributed by atoms with Crippen molar-refractivity contribution < 1.29 is 8.42 Å². The molecule has 0 bridgehead atoms. The molecule has 1 aromatic rings. The number of unbranched alkanes of at least 4 members (excludes halogenated alkanes) is 2. The average molecular weight is 287 g/mol. The van der Waals surface area contributed by atoms with E-state index in [1.165, 1.54) is 0 Å². The Labute approximate surface area is 116 Å². The lowest BCUT2D eigenvalue weighted by molar-refractivity contribution is 0.526. The summed E-state index contributed by atoms with van der Waals surface area (Å²) in [6.07, 6.45) is 4.19. The van der Waals surface area contributed by atoms with Crippen LogP contribution >= 0.6 is 0 Å². The van der Waals surface area contributed by atoms with Crippen LogP contribution in [-0.2, 0) is 17.1 Å². The molecule has 0 spiro atoms. The lowest BCUT2D eigenvalue weighted by Crippen LogP contribution is -2.33. The van der Waals surface area contributed by atoms with Gasteiger partial charge in [-0.15, -0.1) is 0 Å². The van der Waals surface area contributed by atoms with E-state index in [4.69, 9.17) is 0 Å². The van der Waals surface area contributed by atoms with Gasteiger partial charge in [-0.1, -0.05) is 26.2 Å². The van der Waals surface area contributed by atoms with Gasteiger partial charge in [0.15, 0.2) is 0 Å². The van der Waals surface area contributed by atoms with Crippen LogP contribution < -0.4 is 4.72 Å². The molecule has 0 aliphatic heterocycles. The molecule has 0 saturated heterocycles. The lowest BCUT2D eigenvalue weighted by atomic mass is 10.1. The number of nitrogens with one attached hydrogen (secondary N) is 1. The van der Waals surface area contributed by atoms with Gasteiger partial charge >= 0.3 is 0 Å². The SMILES string of the molecule is CCCCCC(C)NS(=O)(=O)c1c(C)nn(C)c1C. The third-order valence-electron chi connectivity index (χ3n) is 3.31. The Morgan fingerprint density at radius 3 is 2.42 bits per heavy atom. The highest BCUT2D eigenvalue weighted by Crippen LogP contribution is 2.19. The molecule has 6 heteroatoms. The average Bonchev–Trinajstić information content (AvgIpc) is 2.52. The van der Waals surface area contributed by atoms with Crippen LogP contribution in [0.5, 0.6) is 0 Å². The second-order valence-electron chi connectivity index (χ2n) is 5.14. The van der Waals surface area contributed by atoms with E-state index in [0.717, 1.165) is 25.7 Å². The zero-order valence-electron chi connectivity index (χ0n) is 12.5. The highest BCUT2D eigenvalue weighted by Gasteiger charge is 2.25. The van der Waals surface area contributed by atoms with E-state index in [0.29, 0.717) is 16.3 Å². The van der Waals surface area contributed by atoms with E-state index < -0.39 is 10.0 Å². The van der Waals surface area contributed by atoms with Crippen molar-refractivity contribution in [3.05, 3.63) is 11.4 Å². The summed E-state index contributed by atoms with van der Waals surface area (Å²) in [5, 5.41) is 4.16. The fraction of sp³-hybridized carbons (Fsp3) is 0.769. The maximum atomic E-state index is 12.4. The summed E-state index contributed by atoms with van der Waals surface area (Å²) in [4.78, 5) is 0.317. The third kappa shape index (κ3) is 4.04. The number of aryl methyl sites for hydroxylation is 2. The highest BCUT2D eigenvalue weighted by molar-refractivity contribution is 7.89. The summed E-state index contributed by atoms with van der Waals surface area (Å²) in [5.41, 5.74) is 1.22. The molecule has 1 unspecified atom stereocenters. The van der Waals surface area contributed by atoms with E-state index in [9.17, 15) is 8.42 Å². The predicted molar refractivity (Wildman–Crippen MR) is 76.6 cm³/mol. The summed E-state index contributed by atoms with van der Waals surface area (Å²) in [6, 6.07) is -0.0458. The fourth-order valence-corrected chi connectivity index (χ4v) is 3.94. The Hall–Kier alpha value is -0.880. The van der Waals surface area contributed by atoms with Gasteiger partial charge in [0, 0.05) is 13.1 Å². The highest BCUT2D eigenvalue weighted by atomic mass is 32.2. The van der Waals surface area contributed by atoms with Crippen LogP contribution in [0.3, 0.4) is 0 Å². The molecule has 0 radical (unpaired) electrons. The van der Waals surface area contributed by atoms with Crippen molar-refractivity contribution >= 4 is 10.0 Å². The monoisotopic (exact) mass is 287 g/mol. The van der Waals surface area contributed by atoms with Crippen molar-refractivity contribution in [1.82, 2.24) is 14.5 Å². The van der Waals surface area contributed by atoms with E-state index >= 15 is 0 Å². The predicted octanol–water partition coefficient (Wildman–Crippen LogP) is 2.28. The van der Waals surface area contributed by atoms with Gasteiger partial charge in [0.25, 0.3) is 0 Å². The van der Waals surface area contributed by atoms with Crippen molar-refractivity contribution in [1.29, 1.82) is 0 Å². The van der Waals surface area contributed by atoms with Crippen molar-refractivity contribution in [3.63, 3.8) is 0 Å². The van der Waals surface area contributed by atoms with E-state index in [1.807, 2.05) is 6.92 Å². The number of hydrogen-bond donors (Lipinski definition) is 1. The molecule has 19 heavy (non-hydrogen) atoms. The van der Waals surface area contributed by atoms with Gasteiger partial charge in [-0.05, 0) is 27.2 Å². The summed E-state index contributed by atoms with van der Waals surface area (Å²) < 4.78 is 29.1. The number of nitrogens with zero attached hydrogens (tertiary/aromatic N) is 2. The molecule has 1 heterocycles.